The standard InChI is InChI=1S/C27H26FN3OS/c1-17-4-10-24(11-5-17)29-27(33)31(15-20-6-8-23(28)9-7-20)16-22-14-21-13-18(2)12-19(3)25(21)30-26(22)32/h4-14H,15-16H2,1-3H3,(H,29,33)(H,30,32). The molecule has 0 saturated carbocycles. The fourth-order valence-electron chi connectivity index (χ4n) is 3.90. The van der Waals surface area contributed by atoms with Gasteiger partial charge in [-0.1, -0.05) is 41.5 Å². The van der Waals surface area contributed by atoms with Crippen molar-refractivity contribution < 1.29 is 4.39 Å². The molecule has 3 aromatic carbocycles. The molecular formula is C27H26FN3OS. The lowest BCUT2D eigenvalue weighted by Gasteiger charge is -2.26. The summed E-state index contributed by atoms with van der Waals surface area (Å²) in [5.41, 5.74) is 6.41. The molecule has 0 aliphatic rings. The van der Waals surface area contributed by atoms with Gasteiger partial charge in [0.05, 0.1) is 12.1 Å². The zero-order valence-electron chi connectivity index (χ0n) is 18.9. The van der Waals surface area contributed by atoms with Gasteiger partial charge in [-0.05, 0) is 85.9 Å². The van der Waals surface area contributed by atoms with Crippen molar-refractivity contribution in [3.05, 3.63) is 111 Å². The van der Waals surface area contributed by atoms with Crippen LogP contribution in [0.4, 0.5) is 10.1 Å². The molecule has 1 aromatic heterocycles. The number of fused-ring (bicyclic) bond motifs is 1. The Morgan fingerprint density at radius 2 is 1.64 bits per heavy atom. The van der Waals surface area contributed by atoms with E-state index in [9.17, 15) is 9.18 Å². The molecule has 0 spiro atoms. The van der Waals surface area contributed by atoms with E-state index >= 15 is 0 Å². The van der Waals surface area contributed by atoms with Crippen LogP contribution in [0.3, 0.4) is 0 Å². The molecule has 168 valence electrons. The molecule has 0 atom stereocenters. The molecule has 4 nitrogen and oxygen atoms in total. The number of rotatable bonds is 5. The number of hydrogen-bond acceptors (Lipinski definition) is 2. The van der Waals surface area contributed by atoms with Crippen LogP contribution in [0, 0.1) is 26.6 Å². The molecule has 0 aliphatic heterocycles. The maximum absolute atomic E-state index is 13.4. The maximum atomic E-state index is 13.4. The molecular weight excluding hydrogens is 433 g/mol. The van der Waals surface area contributed by atoms with E-state index in [0.717, 1.165) is 38.8 Å². The van der Waals surface area contributed by atoms with Gasteiger partial charge in [-0.3, -0.25) is 4.79 Å². The molecule has 0 bridgehead atoms. The van der Waals surface area contributed by atoms with Gasteiger partial charge in [0, 0.05) is 17.8 Å². The molecule has 2 N–H and O–H groups in total. The number of pyridine rings is 1. The number of aromatic amines is 1. The summed E-state index contributed by atoms with van der Waals surface area (Å²) in [5.74, 6) is -0.289. The number of thiocarbonyl (C=S) groups is 1. The summed E-state index contributed by atoms with van der Waals surface area (Å²) >= 11 is 5.72. The highest BCUT2D eigenvalue weighted by atomic mass is 32.1. The number of aromatic nitrogens is 1. The van der Waals surface area contributed by atoms with E-state index in [1.54, 1.807) is 12.1 Å². The Morgan fingerprint density at radius 1 is 0.939 bits per heavy atom. The number of hydrogen-bond donors (Lipinski definition) is 2. The van der Waals surface area contributed by atoms with Gasteiger partial charge in [-0.25, -0.2) is 4.39 Å². The molecule has 0 radical (unpaired) electrons. The second-order valence-corrected chi connectivity index (χ2v) is 8.84. The minimum Gasteiger partial charge on any atom is -0.340 e. The van der Waals surface area contributed by atoms with Gasteiger partial charge in [0.2, 0.25) is 0 Å². The summed E-state index contributed by atoms with van der Waals surface area (Å²) in [6, 6.07) is 20.3. The quantitative estimate of drug-likeness (QED) is 0.360. The monoisotopic (exact) mass is 459 g/mol. The van der Waals surface area contributed by atoms with Gasteiger partial charge < -0.3 is 15.2 Å². The fourth-order valence-corrected chi connectivity index (χ4v) is 4.15. The van der Waals surface area contributed by atoms with Crippen LogP contribution in [0.15, 0.2) is 71.5 Å². The van der Waals surface area contributed by atoms with Crippen LogP contribution in [0.1, 0.15) is 27.8 Å². The minimum absolute atomic E-state index is 0.142. The number of H-pyrrole nitrogens is 1. The molecule has 4 aromatic rings. The first-order chi connectivity index (χ1) is 15.8. The van der Waals surface area contributed by atoms with Crippen molar-refractivity contribution in [1.82, 2.24) is 9.88 Å². The zero-order valence-corrected chi connectivity index (χ0v) is 19.7. The Kier molecular flexibility index (Phi) is 6.56. The molecule has 0 fully saturated rings. The Bertz CT molecular complexity index is 1360. The fraction of sp³-hybridized carbons (Fsp3) is 0.185. The van der Waals surface area contributed by atoms with Crippen LogP contribution >= 0.6 is 12.2 Å². The van der Waals surface area contributed by atoms with E-state index in [1.165, 1.54) is 12.1 Å². The van der Waals surface area contributed by atoms with Crippen LogP contribution in [-0.4, -0.2) is 15.0 Å². The van der Waals surface area contributed by atoms with Crippen LogP contribution in [-0.2, 0) is 13.1 Å². The van der Waals surface area contributed by atoms with Crippen molar-refractivity contribution in [3.63, 3.8) is 0 Å². The van der Waals surface area contributed by atoms with Gasteiger partial charge in [0.25, 0.3) is 5.56 Å². The molecule has 0 saturated heterocycles. The van der Waals surface area contributed by atoms with Crippen LogP contribution in [0.25, 0.3) is 10.9 Å². The van der Waals surface area contributed by atoms with Crippen molar-refractivity contribution in [3.8, 4) is 0 Å². The van der Waals surface area contributed by atoms with E-state index < -0.39 is 0 Å². The average Bonchev–Trinajstić information content (AvgIpc) is 2.77. The highest BCUT2D eigenvalue weighted by molar-refractivity contribution is 7.80. The molecule has 0 amide bonds. The number of halogens is 1. The van der Waals surface area contributed by atoms with Crippen LogP contribution in [0.5, 0.6) is 0 Å². The Hall–Kier alpha value is -3.51. The zero-order chi connectivity index (χ0) is 23.5. The minimum atomic E-state index is -0.289. The summed E-state index contributed by atoms with van der Waals surface area (Å²) in [7, 11) is 0. The van der Waals surface area contributed by atoms with E-state index in [0.29, 0.717) is 23.8 Å². The van der Waals surface area contributed by atoms with Crippen LogP contribution in [0.2, 0.25) is 0 Å². The first kappa shape index (κ1) is 22.7. The third-order valence-corrected chi connectivity index (χ3v) is 5.97. The summed E-state index contributed by atoms with van der Waals surface area (Å²) in [6.45, 7) is 6.80. The highest BCUT2D eigenvalue weighted by Crippen LogP contribution is 2.20. The third-order valence-electron chi connectivity index (χ3n) is 5.61. The summed E-state index contributed by atoms with van der Waals surface area (Å²) in [4.78, 5) is 17.9. The normalized spacial score (nSPS) is 10.9. The molecule has 33 heavy (non-hydrogen) atoms. The van der Waals surface area contributed by atoms with E-state index in [2.05, 4.69) is 22.4 Å². The predicted molar refractivity (Wildman–Crippen MR) is 137 cm³/mol. The average molecular weight is 460 g/mol. The number of nitrogens with zero attached hydrogens (tertiary/aromatic N) is 1. The molecule has 0 aliphatic carbocycles. The molecule has 6 heteroatoms. The maximum Gasteiger partial charge on any atom is 0.253 e. The summed E-state index contributed by atoms with van der Waals surface area (Å²) in [5, 5.41) is 4.74. The highest BCUT2D eigenvalue weighted by Gasteiger charge is 2.15. The van der Waals surface area contributed by atoms with E-state index in [4.69, 9.17) is 12.2 Å². The molecule has 1 heterocycles. The lowest BCUT2D eigenvalue weighted by atomic mass is 10.1. The Balaban J connectivity index is 1.67. The number of benzene rings is 3. The van der Waals surface area contributed by atoms with Crippen LogP contribution < -0.4 is 10.9 Å². The third kappa shape index (κ3) is 5.46. The van der Waals surface area contributed by atoms with Crippen molar-refractivity contribution in [2.45, 2.75) is 33.9 Å². The predicted octanol–water partition coefficient (Wildman–Crippen LogP) is 5.99. The second-order valence-electron chi connectivity index (χ2n) is 8.45. The summed E-state index contributed by atoms with van der Waals surface area (Å²) < 4.78 is 13.4. The summed E-state index contributed by atoms with van der Waals surface area (Å²) in [6.07, 6.45) is 0. The first-order valence-corrected chi connectivity index (χ1v) is 11.2. The molecule has 0 unspecified atom stereocenters. The van der Waals surface area contributed by atoms with Crippen molar-refractivity contribution in [2.24, 2.45) is 0 Å². The van der Waals surface area contributed by atoms with Gasteiger partial charge >= 0.3 is 0 Å². The molecule has 4 rings (SSSR count). The van der Waals surface area contributed by atoms with Gasteiger partial charge in [-0.2, -0.15) is 0 Å². The first-order valence-electron chi connectivity index (χ1n) is 10.8. The lowest BCUT2D eigenvalue weighted by Crippen LogP contribution is -2.35. The Morgan fingerprint density at radius 3 is 2.33 bits per heavy atom. The van der Waals surface area contributed by atoms with Gasteiger partial charge in [0.1, 0.15) is 5.82 Å². The Labute approximate surface area is 198 Å². The SMILES string of the molecule is Cc1ccc(NC(=S)N(Cc2ccc(F)cc2)Cc2cc3cc(C)cc(C)c3[nH]c2=O)cc1. The van der Waals surface area contributed by atoms with Crippen molar-refractivity contribution in [1.29, 1.82) is 0 Å². The van der Waals surface area contributed by atoms with Gasteiger partial charge in [0.15, 0.2) is 5.11 Å². The largest absolute Gasteiger partial charge is 0.340 e. The lowest BCUT2D eigenvalue weighted by molar-refractivity contribution is 0.411. The smallest absolute Gasteiger partial charge is 0.253 e. The number of nitrogens with one attached hydrogen (secondary N) is 2. The topological polar surface area (TPSA) is 48.1 Å². The van der Waals surface area contributed by atoms with Gasteiger partial charge in [-0.15, -0.1) is 0 Å². The second kappa shape index (κ2) is 9.55. The van der Waals surface area contributed by atoms with E-state index in [1.807, 2.05) is 56.0 Å². The number of anilines is 1. The number of aryl methyl sites for hydroxylation is 3. The van der Waals surface area contributed by atoms with Crippen molar-refractivity contribution >= 4 is 33.9 Å². The van der Waals surface area contributed by atoms with Crippen molar-refractivity contribution in [2.75, 3.05) is 5.32 Å². The van der Waals surface area contributed by atoms with E-state index in [-0.39, 0.29) is 11.4 Å².